The Labute approximate surface area is 209 Å². The first kappa shape index (κ1) is 27.8. The number of fused-ring (bicyclic) bond motifs is 1. The smallest absolute Gasteiger partial charge is 0.422 e. The number of anilines is 1. The summed E-state index contributed by atoms with van der Waals surface area (Å²) in [6.07, 6.45) is -1.92. The zero-order valence-electron chi connectivity index (χ0n) is 19.1. The van der Waals surface area contributed by atoms with Crippen molar-refractivity contribution < 1.29 is 39.7 Å². The zero-order chi connectivity index (χ0) is 23.8. The van der Waals surface area contributed by atoms with Crippen LogP contribution in [0.2, 0.25) is 0 Å². The number of nitrogens with one attached hydrogen (secondary N) is 1. The molecule has 0 fully saturated rings. The quantitative estimate of drug-likeness (QED) is 0.268. The van der Waals surface area contributed by atoms with Gasteiger partial charge in [-0.1, -0.05) is 18.2 Å². The molecule has 2 aromatic carbocycles. The molecule has 1 radical (unpaired) electrons. The molecule has 3 rings (SSSR count). The summed E-state index contributed by atoms with van der Waals surface area (Å²) in [5.41, 5.74) is 4.07. The molecule has 2 aromatic rings. The molecule has 0 bridgehead atoms. The van der Waals surface area contributed by atoms with Gasteiger partial charge in [-0.15, -0.1) is 0 Å². The van der Waals surface area contributed by atoms with Crippen LogP contribution >= 0.6 is 0 Å². The third kappa shape index (κ3) is 7.83. The maximum atomic E-state index is 12.4. The average molecular weight is 515 g/mol. The molecule has 1 aliphatic heterocycles. The summed E-state index contributed by atoms with van der Waals surface area (Å²) >= 11 is 0. The second-order valence-electron chi connectivity index (χ2n) is 8.11. The predicted octanol–water partition coefficient (Wildman–Crippen LogP) is 4.68. The third-order valence-corrected chi connectivity index (χ3v) is 5.40. The molecule has 9 heteroatoms. The molecule has 0 spiro atoms. The summed E-state index contributed by atoms with van der Waals surface area (Å²) in [6.45, 7) is 7.18. The maximum absolute atomic E-state index is 12.4. The molecule has 1 atom stereocenters. The summed E-state index contributed by atoms with van der Waals surface area (Å²) in [4.78, 5) is 2.24. The van der Waals surface area contributed by atoms with Crippen molar-refractivity contribution in [2.45, 2.75) is 38.4 Å². The SMILES string of the molecule is [CH2-]CCN1CCc2cc(C[C@@H](C)NCCOc3ccccc3OCC(F)(F)F)cc(C#N)c21.[Mn]. The van der Waals surface area contributed by atoms with Gasteiger partial charge in [0.25, 0.3) is 0 Å². The molecule has 0 saturated carbocycles. The van der Waals surface area contributed by atoms with Crippen LogP contribution in [-0.4, -0.2) is 45.1 Å². The van der Waals surface area contributed by atoms with E-state index in [-0.39, 0.29) is 41.2 Å². The van der Waals surface area contributed by atoms with E-state index >= 15 is 0 Å². The van der Waals surface area contributed by atoms with Crippen LogP contribution in [0.5, 0.6) is 11.5 Å². The molecule has 34 heavy (non-hydrogen) atoms. The summed E-state index contributed by atoms with van der Waals surface area (Å²) in [5.74, 6) is 0.346. The number of rotatable bonds is 11. The summed E-state index contributed by atoms with van der Waals surface area (Å²) in [5, 5.41) is 13.0. The van der Waals surface area contributed by atoms with Crippen molar-refractivity contribution >= 4 is 5.69 Å². The van der Waals surface area contributed by atoms with Crippen molar-refractivity contribution in [3.63, 3.8) is 0 Å². The van der Waals surface area contributed by atoms with Gasteiger partial charge < -0.3 is 26.6 Å². The van der Waals surface area contributed by atoms with Gasteiger partial charge in [0.15, 0.2) is 18.1 Å². The van der Waals surface area contributed by atoms with Crippen LogP contribution in [0.25, 0.3) is 0 Å². The Bertz CT molecular complexity index is 979. The van der Waals surface area contributed by atoms with E-state index in [0.717, 1.165) is 43.6 Å². The van der Waals surface area contributed by atoms with E-state index in [0.29, 0.717) is 12.1 Å². The largest absolute Gasteiger partial charge is 0.488 e. The summed E-state index contributed by atoms with van der Waals surface area (Å²) in [7, 11) is 0. The van der Waals surface area contributed by atoms with E-state index in [4.69, 9.17) is 9.47 Å². The number of halogens is 3. The van der Waals surface area contributed by atoms with Gasteiger partial charge in [0.1, 0.15) is 12.7 Å². The monoisotopic (exact) mass is 515 g/mol. The van der Waals surface area contributed by atoms with Crippen LogP contribution in [0.15, 0.2) is 36.4 Å². The van der Waals surface area contributed by atoms with Crippen molar-refractivity contribution in [2.24, 2.45) is 0 Å². The van der Waals surface area contributed by atoms with E-state index in [9.17, 15) is 18.4 Å². The molecular weight excluding hydrogens is 486 g/mol. The van der Waals surface area contributed by atoms with Crippen molar-refractivity contribution in [2.75, 3.05) is 37.7 Å². The van der Waals surface area contributed by atoms with Gasteiger partial charge in [0.05, 0.1) is 11.3 Å². The Kier molecular flexibility index (Phi) is 10.6. The number of hydrogen-bond acceptors (Lipinski definition) is 5. The van der Waals surface area contributed by atoms with Gasteiger partial charge >= 0.3 is 6.18 Å². The van der Waals surface area contributed by atoms with Crippen molar-refractivity contribution in [1.29, 1.82) is 5.26 Å². The second-order valence-corrected chi connectivity index (χ2v) is 8.11. The molecule has 0 amide bonds. The molecule has 1 aliphatic rings. The fraction of sp³-hybridized carbons (Fsp3) is 0.440. The van der Waals surface area contributed by atoms with E-state index < -0.39 is 12.8 Å². The number of para-hydroxylation sites is 2. The molecule has 1 N–H and O–H groups in total. The number of alkyl halides is 3. The van der Waals surface area contributed by atoms with Crippen LogP contribution in [-0.2, 0) is 29.9 Å². The molecule has 5 nitrogen and oxygen atoms in total. The van der Waals surface area contributed by atoms with Gasteiger partial charge in [0.2, 0.25) is 0 Å². The number of nitrogens with zero attached hydrogens (tertiary/aromatic N) is 2. The first-order valence-corrected chi connectivity index (χ1v) is 11.1. The van der Waals surface area contributed by atoms with Crippen molar-refractivity contribution in [1.82, 2.24) is 5.32 Å². The van der Waals surface area contributed by atoms with Crippen LogP contribution < -0.4 is 19.7 Å². The number of nitriles is 1. The average Bonchev–Trinajstić information content (AvgIpc) is 3.18. The van der Waals surface area contributed by atoms with Crippen molar-refractivity contribution in [3.8, 4) is 17.6 Å². The standard InChI is InChI=1S/C25H29F3N3O2.Mn/c1-3-10-31-11-8-20-14-19(15-21(16-29)24(20)31)13-18(2)30-9-12-32-22-6-4-5-7-23(22)33-17-25(26,27)28;/h4-7,14-15,18,30H,1,3,8-13,17H2,2H3;/q-1;/t18-;/m1./s1. The van der Waals surface area contributed by atoms with E-state index in [1.165, 1.54) is 11.6 Å². The van der Waals surface area contributed by atoms with E-state index in [2.05, 4.69) is 36.2 Å². The van der Waals surface area contributed by atoms with E-state index in [1.807, 2.05) is 6.07 Å². The summed E-state index contributed by atoms with van der Waals surface area (Å²) < 4.78 is 47.7. The minimum Gasteiger partial charge on any atom is -0.488 e. The van der Waals surface area contributed by atoms with Crippen molar-refractivity contribution in [3.05, 3.63) is 60.0 Å². The maximum Gasteiger partial charge on any atom is 0.422 e. The topological polar surface area (TPSA) is 57.5 Å². The molecule has 185 valence electrons. The third-order valence-electron chi connectivity index (χ3n) is 5.40. The first-order valence-electron chi connectivity index (χ1n) is 11.1. The van der Waals surface area contributed by atoms with Crippen LogP contribution in [0.4, 0.5) is 18.9 Å². The predicted molar refractivity (Wildman–Crippen MR) is 122 cm³/mol. The Morgan fingerprint density at radius 2 is 1.91 bits per heavy atom. The molecule has 0 saturated heterocycles. The number of ether oxygens (including phenoxy) is 2. The molecule has 1 heterocycles. The Balaban J connectivity index is 0.00000408. The minimum absolute atomic E-state index is 0. The summed E-state index contributed by atoms with van der Waals surface area (Å²) in [6, 6.07) is 12.9. The molecule has 0 unspecified atom stereocenters. The Morgan fingerprint density at radius 3 is 2.56 bits per heavy atom. The normalized spacial score (nSPS) is 13.6. The molecular formula is C25H29F3MnN3O2-. The van der Waals surface area contributed by atoms with Crippen LogP contribution in [0.3, 0.4) is 0 Å². The Hall–Kier alpha value is -2.40. The molecule has 0 aliphatic carbocycles. The zero-order valence-corrected chi connectivity index (χ0v) is 20.3. The minimum atomic E-state index is -4.40. The van der Waals surface area contributed by atoms with Gasteiger partial charge in [-0.25, -0.2) is 0 Å². The Morgan fingerprint density at radius 1 is 1.21 bits per heavy atom. The van der Waals surface area contributed by atoms with Gasteiger partial charge in [-0.05, 0) is 55.6 Å². The van der Waals surface area contributed by atoms with Gasteiger partial charge in [0, 0.05) is 36.2 Å². The first-order chi connectivity index (χ1) is 15.8. The van der Waals surface area contributed by atoms with Gasteiger partial charge in [-0.3, -0.25) is 0 Å². The van der Waals surface area contributed by atoms with E-state index in [1.54, 1.807) is 18.2 Å². The van der Waals surface area contributed by atoms with Crippen LogP contribution in [0, 0.1) is 18.3 Å². The fourth-order valence-corrected chi connectivity index (χ4v) is 4.05. The number of benzene rings is 2. The second kappa shape index (κ2) is 12.9. The fourth-order valence-electron chi connectivity index (χ4n) is 4.05. The number of hydrogen-bond donors (Lipinski definition) is 1. The van der Waals surface area contributed by atoms with Crippen LogP contribution in [0.1, 0.15) is 30.0 Å². The van der Waals surface area contributed by atoms with Gasteiger partial charge in [-0.2, -0.15) is 24.9 Å². The molecule has 0 aromatic heterocycles.